The number of halogens is 1. The normalized spacial score (nSPS) is 10.6. The number of benzene rings is 1. The van der Waals surface area contributed by atoms with E-state index in [1.54, 1.807) is 6.07 Å². The van der Waals surface area contributed by atoms with E-state index in [0.717, 1.165) is 44.8 Å². The van der Waals surface area contributed by atoms with Crippen molar-refractivity contribution in [1.29, 1.82) is 5.26 Å². The standard InChI is InChI=1S/C16H24FN3/c1-4-19(5-2)10-7-11-20(6-3)16-9-8-15(17)12-14(16)13-18/h8-9,12H,4-7,10-11H2,1-3H3. The lowest BCUT2D eigenvalue weighted by molar-refractivity contribution is 0.301. The zero-order chi connectivity index (χ0) is 15.0. The highest BCUT2D eigenvalue weighted by atomic mass is 19.1. The van der Waals surface area contributed by atoms with Crippen LogP contribution in [0.5, 0.6) is 0 Å². The van der Waals surface area contributed by atoms with Crippen LogP contribution in [0.25, 0.3) is 0 Å². The quantitative estimate of drug-likeness (QED) is 0.730. The summed E-state index contributed by atoms with van der Waals surface area (Å²) >= 11 is 0. The highest BCUT2D eigenvalue weighted by Gasteiger charge is 2.11. The van der Waals surface area contributed by atoms with E-state index in [9.17, 15) is 4.39 Å². The first kappa shape index (κ1) is 16.5. The number of nitriles is 1. The lowest BCUT2D eigenvalue weighted by Crippen LogP contribution is -2.30. The van der Waals surface area contributed by atoms with Gasteiger partial charge < -0.3 is 9.80 Å². The van der Waals surface area contributed by atoms with Crippen molar-refractivity contribution in [2.24, 2.45) is 0 Å². The van der Waals surface area contributed by atoms with Crippen LogP contribution in [0, 0.1) is 17.1 Å². The van der Waals surface area contributed by atoms with Gasteiger partial charge in [-0.2, -0.15) is 5.26 Å². The molecule has 0 saturated carbocycles. The van der Waals surface area contributed by atoms with Crippen molar-refractivity contribution in [1.82, 2.24) is 4.90 Å². The van der Waals surface area contributed by atoms with Crippen molar-refractivity contribution < 1.29 is 4.39 Å². The highest BCUT2D eigenvalue weighted by molar-refractivity contribution is 5.59. The minimum atomic E-state index is -0.357. The Bertz CT molecular complexity index is 450. The summed E-state index contributed by atoms with van der Waals surface area (Å²) in [6.45, 7) is 11.2. The molecule has 0 spiro atoms. The number of hydrogen-bond donors (Lipinski definition) is 0. The van der Waals surface area contributed by atoms with E-state index in [1.165, 1.54) is 12.1 Å². The van der Waals surface area contributed by atoms with E-state index < -0.39 is 0 Å². The minimum Gasteiger partial charge on any atom is -0.371 e. The van der Waals surface area contributed by atoms with Gasteiger partial charge in [-0.25, -0.2) is 4.39 Å². The SMILES string of the molecule is CCN(CC)CCCN(CC)c1ccc(F)cc1C#N. The van der Waals surface area contributed by atoms with Gasteiger partial charge in [-0.1, -0.05) is 13.8 Å². The summed E-state index contributed by atoms with van der Waals surface area (Å²) in [4.78, 5) is 4.52. The summed E-state index contributed by atoms with van der Waals surface area (Å²) in [5.41, 5.74) is 1.24. The summed E-state index contributed by atoms with van der Waals surface area (Å²) in [6.07, 6.45) is 1.04. The molecule has 1 aromatic carbocycles. The molecule has 0 fully saturated rings. The molecular weight excluding hydrogens is 253 g/mol. The molecule has 0 saturated heterocycles. The summed E-state index contributed by atoms with van der Waals surface area (Å²) in [5, 5.41) is 9.13. The molecule has 0 radical (unpaired) electrons. The molecule has 0 aliphatic rings. The molecule has 20 heavy (non-hydrogen) atoms. The number of rotatable bonds is 8. The van der Waals surface area contributed by atoms with Crippen molar-refractivity contribution in [2.75, 3.05) is 37.6 Å². The summed E-state index contributed by atoms with van der Waals surface area (Å²) in [7, 11) is 0. The molecule has 0 aliphatic carbocycles. The molecule has 3 nitrogen and oxygen atoms in total. The van der Waals surface area contributed by atoms with Gasteiger partial charge in [0.2, 0.25) is 0 Å². The van der Waals surface area contributed by atoms with Crippen LogP contribution in [-0.2, 0) is 0 Å². The molecule has 0 aromatic heterocycles. The second kappa shape index (κ2) is 8.55. The van der Waals surface area contributed by atoms with E-state index >= 15 is 0 Å². The monoisotopic (exact) mass is 277 g/mol. The van der Waals surface area contributed by atoms with Crippen molar-refractivity contribution >= 4 is 5.69 Å². The van der Waals surface area contributed by atoms with E-state index in [1.807, 2.05) is 0 Å². The van der Waals surface area contributed by atoms with E-state index in [4.69, 9.17) is 5.26 Å². The topological polar surface area (TPSA) is 30.3 Å². The predicted octanol–water partition coefficient (Wildman–Crippen LogP) is 3.26. The molecule has 0 amide bonds. The van der Waals surface area contributed by atoms with Crippen molar-refractivity contribution in [3.8, 4) is 6.07 Å². The third kappa shape index (κ3) is 4.50. The second-order valence-corrected chi connectivity index (χ2v) is 4.73. The molecule has 110 valence electrons. The van der Waals surface area contributed by atoms with Crippen LogP contribution in [0.15, 0.2) is 18.2 Å². The van der Waals surface area contributed by atoms with Crippen molar-refractivity contribution in [2.45, 2.75) is 27.2 Å². The van der Waals surface area contributed by atoms with E-state index in [2.05, 4.69) is 36.6 Å². The van der Waals surface area contributed by atoms with Crippen molar-refractivity contribution in [3.05, 3.63) is 29.6 Å². The maximum atomic E-state index is 13.2. The average molecular weight is 277 g/mol. The summed E-state index contributed by atoms with van der Waals surface area (Å²) < 4.78 is 13.2. The Morgan fingerprint density at radius 3 is 2.35 bits per heavy atom. The van der Waals surface area contributed by atoms with Crippen LogP contribution in [0.1, 0.15) is 32.8 Å². The van der Waals surface area contributed by atoms with E-state index in [-0.39, 0.29) is 5.82 Å². The van der Waals surface area contributed by atoms with Crippen molar-refractivity contribution in [3.63, 3.8) is 0 Å². The zero-order valence-corrected chi connectivity index (χ0v) is 12.7. The molecule has 0 aliphatic heterocycles. The fourth-order valence-corrected chi connectivity index (χ4v) is 2.35. The predicted molar refractivity (Wildman–Crippen MR) is 81.4 cm³/mol. The van der Waals surface area contributed by atoms with Gasteiger partial charge in [0, 0.05) is 13.1 Å². The highest BCUT2D eigenvalue weighted by Crippen LogP contribution is 2.21. The average Bonchev–Trinajstić information content (AvgIpc) is 2.48. The van der Waals surface area contributed by atoms with Gasteiger partial charge in [-0.3, -0.25) is 0 Å². The van der Waals surface area contributed by atoms with Gasteiger partial charge in [0.15, 0.2) is 0 Å². The number of hydrogen-bond acceptors (Lipinski definition) is 3. The smallest absolute Gasteiger partial charge is 0.124 e. The van der Waals surface area contributed by atoms with Crippen LogP contribution in [0.2, 0.25) is 0 Å². The maximum absolute atomic E-state index is 13.2. The lowest BCUT2D eigenvalue weighted by atomic mass is 10.1. The van der Waals surface area contributed by atoms with Gasteiger partial charge in [0.1, 0.15) is 11.9 Å². The molecule has 0 bridgehead atoms. The Morgan fingerprint density at radius 2 is 1.80 bits per heavy atom. The fourth-order valence-electron chi connectivity index (χ4n) is 2.35. The fraction of sp³-hybridized carbons (Fsp3) is 0.562. The number of nitrogens with zero attached hydrogens (tertiary/aromatic N) is 3. The summed E-state index contributed by atoms with van der Waals surface area (Å²) in [6, 6.07) is 6.51. The third-order valence-corrected chi connectivity index (χ3v) is 3.60. The molecule has 0 heterocycles. The molecule has 0 atom stereocenters. The maximum Gasteiger partial charge on any atom is 0.124 e. The molecule has 1 aromatic rings. The van der Waals surface area contributed by atoms with Crippen LogP contribution in [0.4, 0.5) is 10.1 Å². The zero-order valence-electron chi connectivity index (χ0n) is 12.7. The number of anilines is 1. The molecule has 0 N–H and O–H groups in total. The second-order valence-electron chi connectivity index (χ2n) is 4.73. The van der Waals surface area contributed by atoms with Gasteiger partial charge in [-0.15, -0.1) is 0 Å². The van der Waals surface area contributed by atoms with Crippen LogP contribution < -0.4 is 4.90 Å². The Labute approximate surface area is 121 Å². The summed E-state index contributed by atoms with van der Waals surface area (Å²) in [5.74, 6) is -0.357. The Balaban J connectivity index is 2.69. The van der Waals surface area contributed by atoms with E-state index in [0.29, 0.717) is 5.56 Å². The molecule has 1 rings (SSSR count). The van der Waals surface area contributed by atoms with Gasteiger partial charge in [0.25, 0.3) is 0 Å². The Morgan fingerprint density at radius 1 is 1.10 bits per heavy atom. The first-order chi connectivity index (χ1) is 9.65. The van der Waals surface area contributed by atoms with Gasteiger partial charge in [-0.05, 0) is 51.2 Å². The molecule has 0 unspecified atom stereocenters. The first-order valence-electron chi connectivity index (χ1n) is 7.33. The Hall–Kier alpha value is -1.60. The molecule has 4 heteroatoms. The molecular formula is C16H24FN3. The van der Waals surface area contributed by atoms with Gasteiger partial charge in [0.05, 0.1) is 11.3 Å². The third-order valence-electron chi connectivity index (χ3n) is 3.60. The Kier molecular flexibility index (Phi) is 7.03. The lowest BCUT2D eigenvalue weighted by Gasteiger charge is -2.26. The largest absolute Gasteiger partial charge is 0.371 e. The van der Waals surface area contributed by atoms with Crippen LogP contribution >= 0.6 is 0 Å². The van der Waals surface area contributed by atoms with Crippen LogP contribution in [-0.4, -0.2) is 37.6 Å². The van der Waals surface area contributed by atoms with Gasteiger partial charge >= 0.3 is 0 Å². The minimum absolute atomic E-state index is 0.357. The first-order valence-corrected chi connectivity index (χ1v) is 7.33. The van der Waals surface area contributed by atoms with Crippen LogP contribution in [0.3, 0.4) is 0 Å².